The lowest BCUT2D eigenvalue weighted by molar-refractivity contribution is -0.154. The van der Waals surface area contributed by atoms with Gasteiger partial charge in [-0.3, -0.25) is 9.59 Å². The summed E-state index contributed by atoms with van der Waals surface area (Å²) in [5, 5.41) is 2.62. The Morgan fingerprint density at radius 2 is 1.66 bits per heavy atom. The molecule has 0 aliphatic rings. The van der Waals surface area contributed by atoms with Crippen LogP contribution in [0.5, 0.6) is 11.5 Å². The van der Waals surface area contributed by atoms with Crippen LogP contribution in [0.15, 0.2) is 30.5 Å². The van der Waals surface area contributed by atoms with Crippen LogP contribution in [-0.2, 0) is 19.1 Å². The number of carbonyl (C=O) groups is 3. The molecule has 3 atom stereocenters. The molecule has 0 saturated heterocycles. The van der Waals surface area contributed by atoms with Gasteiger partial charge in [0.25, 0.3) is 5.91 Å². The number of nitrogens with zero attached hydrogens (tertiary/aromatic N) is 1. The molecule has 1 aromatic heterocycles. The van der Waals surface area contributed by atoms with Crippen molar-refractivity contribution in [3.8, 4) is 11.5 Å². The number of aromatic nitrogens is 1. The summed E-state index contributed by atoms with van der Waals surface area (Å²) in [6.45, 7) is 14.6. The summed E-state index contributed by atoms with van der Waals surface area (Å²) in [6, 6.07) is 6.80. The number of ether oxygens (including phenoxy) is 4. The third-order valence-corrected chi connectivity index (χ3v) is 6.19. The van der Waals surface area contributed by atoms with E-state index in [0.717, 1.165) is 11.1 Å². The van der Waals surface area contributed by atoms with E-state index in [0.29, 0.717) is 0 Å². The number of benzene rings is 1. The highest BCUT2D eigenvalue weighted by molar-refractivity contribution is 5.98. The summed E-state index contributed by atoms with van der Waals surface area (Å²) < 4.78 is 21.7. The van der Waals surface area contributed by atoms with Crippen molar-refractivity contribution in [2.45, 2.75) is 73.5 Å². The number of methoxy groups -OCH3 is 1. The molecule has 0 saturated carbocycles. The zero-order valence-corrected chi connectivity index (χ0v) is 23.8. The molecule has 1 N–H and O–H groups in total. The fourth-order valence-electron chi connectivity index (χ4n) is 4.24. The van der Waals surface area contributed by atoms with E-state index in [1.54, 1.807) is 20.8 Å². The van der Waals surface area contributed by atoms with Gasteiger partial charge in [-0.25, -0.2) is 9.78 Å². The zero-order valence-electron chi connectivity index (χ0n) is 23.8. The highest BCUT2D eigenvalue weighted by atomic mass is 16.7. The summed E-state index contributed by atoms with van der Waals surface area (Å²) >= 11 is 0. The van der Waals surface area contributed by atoms with Crippen LogP contribution in [0, 0.1) is 25.7 Å². The van der Waals surface area contributed by atoms with Crippen LogP contribution >= 0.6 is 0 Å². The Balaban J connectivity index is 2.13. The molecule has 1 heterocycles. The highest BCUT2D eigenvalue weighted by Crippen LogP contribution is 2.33. The number of esters is 2. The number of hydrogen-bond acceptors (Lipinski definition) is 8. The summed E-state index contributed by atoms with van der Waals surface area (Å²) in [5.41, 5.74) is 3.32. The predicted molar refractivity (Wildman–Crippen MR) is 143 cm³/mol. The Kier molecular flexibility index (Phi) is 11.1. The van der Waals surface area contributed by atoms with E-state index < -0.39 is 36.8 Å². The van der Waals surface area contributed by atoms with Gasteiger partial charge in [0, 0.05) is 18.2 Å². The normalized spacial score (nSPS) is 13.4. The number of rotatable bonds is 12. The Bertz CT molecular complexity index is 1130. The van der Waals surface area contributed by atoms with Crippen LogP contribution in [0.2, 0.25) is 0 Å². The predicted octanol–water partition coefficient (Wildman–Crippen LogP) is 4.73. The summed E-state index contributed by atoms with van der Waals surface area (Å²) in [7, 11) is 1.41. The molecule has 2 rings (SSSR count). The van der Waals surface area contributed by atoms with E-state index in [2.05, 4.69) is 49.3 Å². The van der Waals surface area contributed by atoms with Crippen LogP contribution in [0.25, 0.3) is 0 Å². The molecule has 0 radical (unpaired) electrons. The van der Waals surface area contributed by atoms with Crippen molar-refractivity contribution < 1.29 is 33.3 Å². The number of nitrogens with one attached hydrogen (secondary N) is 1. The molecule has 208 valence electrons. The van der Waals surface area contributed by atoms with Crippen LogP contribution < -0.4 is 14.8 Å². The van der Waals surface area contributed by atoms with Gasteiger partial charge in [-0.1, -0.05) is 51.5 Å². The van der Waals surface area contributed by atoms with Crippen LogP contribution in [0.3, 0.4) is 0 Å². The average molecular weight is 529 g/mol. The van der Waals surface area contributed by atoms with Crippen molar-refractivity contribution in [3.05, 3.63) is 52.8 Å². The Morgan fingerprint density at radius 3 is 2.24 bits per heavy atom. The summed E-state index contributed by atoms with van der Waals surface area (Å²) in [6.07, 6.45) is 0.955. The van der Waals surface area contributed by atoms with E-state index in [4.69, 9.17) is 18.9 Å². The van der Waals surface area contributed by atoms with E-state index >= 15 is 0 Å². The van der Waals surface area contributed by atoms with E-state index in [1.807, 2.05) is 13.8 Å². The second-order valence-corrected chi connectivity index (χ2v) is 10.0. The largest absolute Gasteiger partial charge is 0.493 e. The number of carbonyl (C=O) groups excluding carboxylic acids is 3. The Hall–Kier alpha value is -3.62. The smallest absolute Gasteiger partial charge is 0.328 e. The van der Waals surface area contributed by atoms with Crippen molar-refractivity contribution in [1.29, 1.82) is 0 Å². The van der Waals surface area contributed by atoms with Gasteiger partial charge < -0.3 is 24.3 Å². The monoisotopic (exact) mass is 528 g/mol. The van der Waals surface area contributed by atoms with E-state index in [9.17, 15) is 14.4 Å². The van der Waals surface area contributed by atoms with Crippen molar-refractivity contribution in [3.63, 3.8) is 0 Å². The number of pyridine rings is 1. The van der Waals surface area contributed by atoms with Gasteiger partial charge in [-0.2, -0.15) is 0 Å². The van der Waals surface area contributed by atoms with Gasteiger partial charge >= 0.3 is 11.9 Å². The number of aryl methyl sites for hydroxylation is 2. The summed E-state index contributed by atoms with van der Waals surface area (Å²) in [4.78, 5) is 41.9. The maximum atomic E-state index is 13.1. The zero-order chi connectivity index (χ0) is 28.6. The van der Waals surface area contributed by atoms with Crippen molar-refractivity contribution in [2.24, 2.45) is 11.8 Å². The maximum Gasteiger partial charge on any atom is 0.328 e. The molecule has 1 unspecified atom stereocenters. The molecular weight excluding hydrogens is 488 g/mol. The minimum absolute atomic E-state index is 0.00675. The van der Waals surface area contributed by atoms with E-state index in [1.165, 1.54) is 24.9 Å². The topological polar surface area (TPSA) is 113 Å². The van der Waals surface area contributed by atoms with Crippen LogP contribution in [-0.4, -0.2) is 48.9 Å². The van der Waals surface area contributed by atoms with Gasteiger partial charge in [-0.15, -0.1) is 0 Å². The molecule has 0 bridgehead atoms. The SMILES string of the molecule is COc1ccnc(C(=O)N[C@@H](C)C(=O)OC(C)[C@H](c2ccc(C)cc2C)C(C)C)c1OCOC(=O)C(C)C. The van der Waals surface area contributed by atoms with E-state index in [-0.39, 0.29) is 34.9 Å². The first kappa shape index (κ1) is 30.6. The first-order chi connectivity index (χ1) is 17.9. The van der Waals surface area contributed by atoms with Crippen molar-refractivity contribution in [2.75, 3.05) is 13.9 Å². The molecule has 1 amide bonds. The standard InChI is InChI=1S/C29H40N2O7/c1-16(2)24(22-11-10-18(5)14-19(22)6)21(8)38-29(34)20(7)31-27(32)25-26(23(35-9)12-13-30-25)36-15-37-28(33)17(3)4/h10-14,16-17,20-21,24H,15H2,1-9H3,(H,31,32)/t20-,21?,24+/m0/s1. The molecule has 0 aliphatic carbocycles. The lowest BCUT2D eigenvalue weighted by Gasteiger charge is -2.30. The molecule has 0 spiro atoms. The molecule has 38 heavy (non-hydrogen) atoms. The second kappa shape index (κ2) is 13.8. The average Bonchev–Trinajstić information content (AvgIpc) is 2.84. The minimum Gasteiger partial charge on any atom is -0.493 e. The third-order valence-electron chi connectivity index (χ3n) is 6.19. The third kappa shape index (κ3) is 7.94. The molecule has 0 aliphatic heterocycles. The number of amides is 1. The lowest BCUT2D eigenvalue weighted by Crippen LogP contribution is -2.42. The summed E-state index contributed by atoms with van der Waals surface area (Å²) in [5.74, 6) is -1.61. The first-order valence-corrected chi connectivity index (χ1v) is 12.8. The van der Waals surface area contributed by atoms with Gasteiger partial charge in [0.2, 0.25) is 6.79 Å². The maximum absolute atomic E-state index is 13.1. The van der Waals surface area contributed by atoms with Gasteiger partial charge in [0.05, 0.1) is 13.0 Å². The van der Waals surface area contributed by atoms with Crippen LogP contribution in [0.4, 0.5) is 0 Å². The van der Waals surface area contributed by atoms with Crippen molar-refractivity contribution >= 4 is 17.8 Å². The van der Waals surface area contributed by atoms with Crippen LogP contribution in [0.1, 0.15) is 74.6 Å². The fourth-order valence-corrected chi connectivity index (χ4v) is 4.24. The lowest BCUT2D eigenvalue weighted by atomic mass is 9.82. The van der Waals surface area contributed by atoms with Crippen molar-refractivity contribution in [1.82, 2.24) is 10.3 Å². The van der Waals surface area contributed by atoms with Gasteiger partial charge in [0.1, 0.15) is 12.1 Å². The first-order valence-electron chi connectivity index (χ1n) is 12.8. The molecule has 1 aromatic carbocycles. The number of hydrogen-bond donors (Lipinski definition) is 1. The molecule has 9 nitrogen and oxygen atoms in total. The quantitative estimate of drug-likeness (QED) is 0.311. The molecule has 9 heteroatoms. The fraction of sp³-hybridized carbons (Fsp3) is 0.517. The Morgan fingerprint density at radius 1 is 0.974 bits per heavy atom. The minimum atomic E-state index is -0.962. The Labute approximate surface area is 225 Å². The highest BCUT2D eigenvalue weighted by Gasteiger charge is 2.30. The van der Waals surface area contributed by atoms with Gasteiger partial charge in [-0.05, 0) is 44.7 Å². The molecule has 2 aromatic rings. The second-order valence-electron chi connectivity index (χ2n) is 10.0. The molecular formula is C29H40N2O7. The molecule has 0 fully saturated rings. The van der Waals surface area contributed by atoms with Gasteiger partial charge in [0.15, 0.2) is 17.2 Å².